The molecular formula is C20H14F2N4O3. The zero-order valence-corrected chi connectivity index (χ0v) is 15.4. The van der Waals surface area contributed by atoms with E-state index in [4.69, 9.17) is 4.74 Å². The van der Waals surface area contributed by atoms with Gasteiger partial charge in [-0.15, -0.1) is 5.10 Å². The SMILES string of the molecule is COC(=O)c1ccn2c(C=O)c(-c3cc(F)ccc3-c3cn(C)nc3F)nc2c1. The minimum atomic E-state index is -0.732. The molecule has 3 heterocycles. The highest BCUT2D eigenvalue weighted by Gasteiger charge is 2.21. The van der Waals surface area contributed by atoms with Crippen LogP contribution in [0.3, 0.4) is 0 Å². The van der Waals surface area contributed by atoms with Gasteiger partial charge in [0.2, 0.25) is 5.95 Å². The van der Waals surface area contributed by atoms with Gasteiger partial charge in [0.25, 0.3) is 0 Å². The van der Waals surface area contributed by atoms with Gasteiger partial charge in [-0.1, -0.05) is 6.07 Å². The average Bonchev–Trinajstić information content (AvgIpc) is 3.25. The van der Waals surface area contributed by atoms with Crippen LogP contribution in [-0.2, 0) is 11.8 Å². The monoisotopic (exact) mass is 396 g/mol. The van der Waals surface area contributed by atoms with Crippen molar-refractivity contribution in [2.24, 2.45) is 7.05 Å². The van der Waals surface area contributed by atoms with E-state index in [0.717, 1.165) is 0 Å². The van der Waals surface area contributed by atoms with E-state index in [1.54, 1.807) is 7.05 Å². The number of benzene rings is 1. The molecule has 0 aliphatic heterocycles. The van der Waals surface area contributed by atoms with Crippen LogP contribution >= 0.6 is 0 Å². The number of halogens is 2. The summed E-state index contributed by atoms with van der Waals surface area (Å²) in [5, 5.41) is 3.68. The first-order valence-electron chi connectivity index (χ1n) is 8.48. The van der Waals surface area contributed by atoms with E-state index < -0.39 is 17.7 Å². The van der Waals surface area contributed by atoms with E-state index in [-0.39, 0.29) is 33.7 Å². The molecule has 4 rings (SSSR count). The molecular weight excluding hydrogens is 382 g/mol. The number of carbonyl (C=O) groups excluding carboxylic acids is 2. The van der Waals surface area contributed by atoms with Crippen molar-refractivity contribution < 1.29 is 23.1 Å². The molecule has 4 aromatic rings. The highest BCUT2D eigenvalue weighted by Crippen LogP contribution is 2.35. The van der Waals surface area contributed by atoms with E-state index in [1.807, 2.05) is 0 Å². The van der Waals surface area contributed by atoms with Crippen LogP contribution in [0.25, 0.3) is 28.0 Å². The predicted molar refractivity (Wildman–Crippen MR) is 99.5 cm³/mol. The number of pyridine rings is 1. The number of methoxy groups -OCH3 is 1. The number of carbonyl (C=O) groups is 2. The summed E-state index contributed by atoms with van der Waals surface area (Å²) in [7, 11) is 2.81. The second-order valence-electron chi connectivity index (χ2n) is 6.30. The Kier molecular flexibility index (Phi) is 4.42. The van der Waals surface area contributed by atoms with Gasteiger partial charge in [0.05, 0.1) is 18.2 Å². The molecule has 0 N–H and O–H groups in total. The van der Waals surface area contributed by atoms with Gasteiger partial charge in [0.15, 0.2) is 6.29 Å². The molecule has 0 radical (unpaired) electrons. The molecule has 0 bridgehead atoms. The highest BCUT2D eigenvalue weighted by atomic mass is 19.1. The summed E-state index contributed by atoms with van der Waals surface area (Å²) in [6.45, 7) is 0. The molecule has 3 aromatic heterocycles. The summed E-state index contributed by atoms with van der Waals surface area (Å²) >= 11 is 0. The number of ether oxygens (including phenoxy) is 1. The van der Waals surface area contributed by atoms with Crippen LogP contribution in [0.2, 0.25) is 0 Å². The summed E-state index contributed by atoms with van der Waals surface area (Å²) < 4.78 is 35.8. The smallest absolute Gasteiger partial charge is 0.338 e. The van der Waals surface area contributed by atoms with Crippen LogP contribution < -0.4 is 0 Å². The third-order valence-corrected chi connectivity index (χ3v) is 4.51. The molecule has 7 nitrogen and oxygen atoms in total. The minimum Gasteiger partial charge on any atom is -0.465 e. The van der Waals surface area contributed by atoms with E-state index in [1.165, 1.54) is 58.9 Å². The molecule has 0 aliphatic carbocycles. The molecule has 0 unspecified atom stereocenters. The lowest BCUT2D eigenvalue weighted by Gasteiger charge is -2.07. The van der Waals surface area contributed by atoms with Crippen LogP contribution in [0.5, 0.6) is 0 Å². The standard InChI is InChI=1S/C20H14F2N4O3/c1-25-9-15(19(22)24-25)13-4-3-12(21)8-14(13)18-16(10-27)26-6-5-11(20(28)29-2)7-17(26)23-18/h3-10H,1-2H3. The molecule has 29 heavy (non-hydrogen) atoms. The zero-order chi connectivity index (χ0) is 20.7. The second kappa shape index (κ2) is 6.93. The van der Waals surface area contributed by atoms with Crippen LogP contribution in [0, 0.1) is 11.8 Å². The number of hydrogen-bond acceptors (Lipinski definition) is 5. The number of imidazole rings is 1. The van der Waals surface area contributed by atoms with Crippen molar-refractivity contribution in [3.63, 3.8) is 0 Å². The van der Waals surface area contributed by atoms with Crippen molar-refractivity contribution in [2.75, 3.05) is 7.11 Å². The van der Waals surface area contributed by atoms with Crippen molar-refractivity contribution in [1.82, 2.24) is 19.2 Å². The quantitative estimate of drug-likeness (QED) is 0.391. The Balaban J connectivity index is 1.99. The molecule has 0 amide bonds. The Morgan fingerprint density at radius 2 is 1.93 bits per heavy atom. The summed E-state index contributed by atoms with van der Waals surface area (Å²) in [6, 6.07) is 6.70. The van der Waals surface area contributed by atoms with Crippen molar-refractivity contribution in [3.8, 4) is 22.4 Å². The Morgan fingerprint density at radius 3 is 2.59 bits per heavy atom. The van der Waals surface area contributed by atoms with Gasteiger partial charge in [0.1, 0.15) is 22.9 Å². The van der Waals surface area contributed by atoms with Crippen LogP contribution in [0.15, 0.2) is 42.7 Å². The summed E-state index contributed by atoms with van der Waals surface area (Å²) in [4.78, 5) is 28.0. The zero-order valence-electron chi connectivity index (χ0n) is 15.4. The minimum absolute atomic E-state index is 0.132. The van der Waals surface area contributed by atoms with Gasteiger partial charge in [-0.2, -0.15) is 4.39 Å². The maximum Gasteiger partial charge on any atom is 0.338 e. The van der Waals surface area contributed by atoms with Crippen molar-refractivity contribution in [1.29, 1.82) is 0 Å². The number of aryl methyl sites for hydroxylation is 1. The Bertz CT molecular complexity index is 1280. The number of esters is 1. The van der Waals surface area contributed by atoms with Crippen molar-refractivity contribution in [3.05, 3.63) is 65.7 Å². The van der Waals surface area contributed by atoms with Crippen molar-refractivity contribution in [2.45, 2.75) is 0 Å². The predicted octanol–water partition coefficient (Wildman–Crippen LogP) is 3.28. The first kappa shape index (κ1) is 18.5. The molecule has 146 valence electrons. The third-order valence-electron chi connectivity index (χ3n) is 4.51. The van der Waals surface area contributed by atoms with Crippen LogP contribution in [0.1, 0.15) is 20.8 Å². The summed E-state index contributed by atoms with van der Waals surface area (Å²) in [5.41, 5.74) is 1.51. The number of rotatable bonds is 4. The molecule has 0 spiro atoms. The lowest BCUT2D eigenvalue weighted by Crippen LogP contribution is -2.02. The van der Waals surface area contributed by atoms with E-state index in [9.17, 15) is 18.4 Å². The van der Waals surface area contributed by atoms with Gasteiger partial charge >= 0.3 is 5.97 Å². The number of aromatic nitrogens is 4. The average molecular weight is 396 g/mol. The third kappa shape index (κ3) is 3.06. The topological polar surface area (TPSA) is 78.5 Å². The van der Waals surface area contributed by atoms with Gasteiger partial charge < -0.3 is 4.74 Å². The van der Waals surface area contributed by atoms with Gasteiger partial charge in [-0.3, -0.25) is 13.9 Å². The normalized spacial score (nSPS) is 11.0. The molecule has 0 saturated heterocycles. The van der Waals surface area contributed by atoms with Crippen LogP contribution in [0.4, 0.5) is 8.78 Å². The van der Waals surface area contributed by atoms with Gasteiger partial charge in [-0.05, 0) is 29.8 Å². The van der Waals surface area contributed by atoms with E-state index in [0.29, 0.717) is 11.8 Å². The largest absolute Gasteiger partial charge is 0.465 e. The Labute approximate surface area is 163 Å². The summed E-state index contributed by atoms with van der Waals surface area (Å²) in [6.07, 6.45) is 3.52. The number of nitrogens with zero attached hydrogens (tertiary/aromatic N) is 4. The molecule has 0 fully saturated rings. The first-order valence-corrected chi connectivity index (χ1v) is 8.48. The fourth-order valence-electron chi connectivity index (χ4n) is 3.21. The lowest BCUT2D eigenvalue weighted by atomic mass is 9.98. The lowest BCUT2D eigenvalue weighted by molar-refractivity contribution is 0.0600. The molecule has 0 atom stereocenters. The first-order chi connectivity index (χ1) is 13.9. The fourth-order valence-corrected chi connectivity index (χ4v) is 3.21. The summed E-state index contributed by atoms with van der Waals surface area (Å²) in [5.74, 6) is -1.87. The number of hydrogen-bond donors (Lipinski definition) is 0. The van der Waals surface area contributed by atoms with Gasteiger partial charge in [-0.25, -0.2) is 14.2 Å². The van der Waals surface area contributed by atoms with Crippen LogP contribution in [-0.4, -0.2) is 38.5 Å². The second-order valence-corrected chi connectivity index (χ2v) is 6.30. The fraction of sp³-hybridized carbons (Fsp3) is 0.100. The number of fused-ring (bicyclic) bond motifs is 1. The van der Waals surface area contributed by atoms with E-state index in [2.05, 4.69) is 10.1 Å². The molecule has 0 saturated carbocycles. The maximum atomic E-state index is 14.3. The highest BCUT2D eigenvalue weighted by molar-refractivity contribution is 5.94. The number of aldehydes is 1. The van der Waals surface area contributed by atoms with Crippen molar-refractivity contribution >= 4 is 17.9 Å². The molecule has 9 heteroatoms. The molecule has 0 aliphatic rings. The van der Waals surface area contributed by atoms with Gasteiger partial charge in [0, 0.05) is 25.0 Å². The maximum absolute atomic E-state index is 14.3. The van der Waals surface area contributed by atoms with E-state index >= 15 is 0 Å². The Hall–Kier alpha value is -3.88. The molecule has 1 aromatic carbocycles. The Morgan fingerprint density at radius 1 is 1.14 bits per heavy atom.